The van der Waals surface area contributed by atoms with Crippen LogP contribution in [0.5, 0.6) is 5.75 Å². The summed E-state index contributed by atoms with van der Waals surface area (Å²) in [6.45, 7) is 5.15. The van der Waals surface area contributed by atoms with E-state index in [4.69, 9.17) is 15.0 Å². The summed E-state index contributed by atoms with van der Waals surface area (Å²) in [6, 6.07) is 14.2. The average Bonchev–Trinajstić information content (AvgIpc) is 3.32. The van der Waals surface area contributed by atoms with Crippen molar-refractivity contribution in [3.8, 4) is 5.75 Å². The molecule has 1 saturated heterocycles. The third-order valence-corrected chi connectivity index (χ3v) is 7.56. The Labute approximate surface area is 211 Å². The molecule has 36 heavy (non-hydrogen) atoms. The van der Waals surface area contributed by atoms with E-state index in [9.17, 15) is 5.11 Å². The number of para-hydroxylation sites is 1. The number of imidazole rings is 1. The van der Waals surface area contributed by atoms with Crippen molar-refractivity contribution in [3.05, 3.63) is 83.6 Å². The van der Waals surface area contributed by atoms with E-state index in [1.54, 1.807) is 6.07 Å². The molecule has 1 aromatic carbocycles. The number of nitrogens with zero attached hydrogens (tertiary/aromatic N) is 7. The number of aromatic nitrogens is 4. The van der Waals surface area contributed by atoms with Gasteiger partial charge in [-0.25, -0.2) is 9.97 Å². The molecule has 186 valence electrons. The summed E-state index contributed by atoms with van der Waals surface area (Å²) >= 11 is 0. The normalized spacial score (nSPS) is 18.6. The quantitative estimate of drug-likeness (QED) is 0.449. The van der Waals surface area contributed by atoms with Crippen molar-refractivity contribution in [3.63, 3.8) is 0 Å². The van der Waals surface area contributed by atoms with E-state index in [1.165, 1.54) is 17.7 Å². The predicted octanol–water partition coefficient (Wildman–Crippen LogP) is 3.66. The fraction of sp³-hybridized carbons (Fsp3) is 0.393. The van der Waals surface area contributed by atoms with Gasteiger partial charge in [0.1, 0.15) is 11.4 Å². The molecule has 1 unspecified atom stereocenters. The zero-order chi connectivity index (χ0) is 24.5. The summed E-state index contributed by atoms with van der Waals surface area (Å²) in [6.07, 6.45) is 9.37. The maximum absolute atomic E-state index is 10.1. The Balaban J connectivity index is 1.15. The summed E-state index contributed by atoms with van der Waals surface area (Å²) < 4.78 is 2.13. The molecule has 0 amide bonds. The first-order valence-electron chi connectivity index (χ1n) is 12.9. The fourth-order valence-electron chi connectivity index (χ4n) is 5.64. The fourth-order valence-corrected chi connectivity index (χ4v) is 5.64. The summed E-state index contributed by atoms with van der Waals surface area (Å²) in [5.41, 5.74) is 5.56. The van der Waals surface area contributed by atoms with Crippen LogP contribution >= 0.6 is 0 Å². The smallest absolute Gasteiger partial charge is 0.211 e. The van der Waals surface area contributed by atoms with Gasteiger partial charge < -0.3 is 10.0 Å². The number of hydrogen-bond donors (Lipinski definition) is 1. The number of rotatable bonds is 6. The number of hydrogen-bond acceptors (Lipinski definition) is 7. The molecule has 8 heteroatoms. The van der Waals surface area contributed by atoms with Crippen LogP contribution in [-0.2, 0) is 19.5 Å². The Kier molecular flexibility index (Phi) is 6.29. The third-order valence-electron chi connectivity index (χ3n) is 7.56. The number of benzene rings is 1. The van der Waals surface area contributed by atoms with Crippen LogP contribution < -0.4 is 4.90 Å². The van der Waals surface area contributed by atoms with Gasteiger partial charge >= 0.3 is 0 Å². The zero-order valence-corrected chi connectivity index (χ0v) is 20.8. The summed E-state index contributed by atoms with van der Waals surface area (Å²) in [4.78, 5) is 21.5. The summed E-state index contributed by atoms with van der Waals surface area (Å²) in [7, 11) is 2.18. The van der Waals surface area contributed by atoms with Crippen LogP contribution in [0.4, 0.5) is 5.95 Å². The molecule has 1 fully saturated rings. The number of fused-ring (bicyclic) bond motifs is 2. The molecule has 0 radical (unpaired) electrons. The molecule has 1 aliphatic carbocycles. The van der Waals surface area contributed by atoms with Crippen LogP contribution in [0.3, 0.4) is 0 Å². The highest BCUT2D eigenvalue weighted by Crippen LogP contribution is 2.32. The molecule has 0 spiro atoms. The van der Waals surface area contributed by atoms with Gasteiger partial charge in [-0.15, -0.1) is 0 Å². The van der Waals surface area contributed by atoms with Gasteiger partial charge in [0.2, 0.25) is 5.95 Å². The molecule has 8 nitrogen and oxygen atoms in total. The van der Waals surface area contributed by atoms with Crippen LogP contribution in [0.25, 0.3) is 5.65 Å². The topological polar surface area (TPSA) is 73.0 Å². The number of aromatic hydroxyl groups is 1. The van der Waals surface area contributed by atoms with Gasteiger partial charge in [-0.1, -0.05) is 24.3 Å². The lowest BCUT2D eigenvalue weighted by Gasteiger charge is -2.35. The molecule has 0 bridgehead atoms. The lowest BCUT2D eigenvalue weighted by molar-refractivity contribution is 0.206. The highest BCUT2D eigenvalue weighted by Gasteiger charge is 2.26. The van der Waals surface area contributed by atoms with Gasteiger partial charge in [0, 0.05) is 63.4 Å². The van der Waals surface area contributed by atoms with Crippen LogP contribution in [0, 0.1) is 0 Å². The van der Waals surface area contributed by atoms with E-state index in [-0.39, 0.29) is 0 Å². The van der Waals surface area contributed by atoms with Gasteiger partial charge in [-0.2, -0.15) is 0 Å². The van der Waals surface area contributed by atoms with Crippen LogP contribution in [-0.4, -0.2) is 67.5 Å². The second-order valence-corrected chi connectivity index (χ2v) is 9.97. The summed E-state index contributed by atoms with van der Waals surface area (Å²) in [5, 5.41) is 10.1. The van der Waals surface area contributed by atoms with E-state index < -0.39 is 0 Å². The Morgan fingerprint density at radius 2 is 1.86 bits per heavy atom. The maximum atomic E-state index is 10.1. The average molecular weight is 484 g/mol. The van der Waals surface area contributed by atoms with Crippen molar-refractivity contribution >= 4 is 11.6 Å². The van der Waals surface area contributed by atoms with Crippen molar-refractivity contribution in [2.75, 3.05) is 38.1 Å². The Bertz CT molecular complexity index is 1340. The van der Waals surface area contributed by atoms with Gasteiger partial charge in [0.15, 0.2) is 0 Å². The predicted molar refractivity (Wildman–Crippen MR) is 140 cm³/mol. The van der Waals surface area contributed by atoms with E-state index in [2.05, 4.69) is 38.4 Å². The van der Waals surface area contributed by atoms with E-state index in [0.717, 1.165) is 75.0 Å². The first-order chi connectivity index (χ1) is 17.7. The van der Waals surface area contributed by atoms with Crippen LogP contribution in [0.15, 0.2) is 61.1 Å². The van der Waals surface area contributed by atoms with Crippen molar-refractivity contribution in [2.24, 2.45) is 0 Å². The van der Waals surface area contributed by atoms with Crippen molar-refractivity contribution in [1.29, 1.82) is 0 Å². The number of anilines is 1. The Morgan fingerprint density at radius 3 is 2.72 bits per heavy atom. The first kappa shape index (κ1) is 22.9. The SMILES string of the molecule is CN(Cc1cn2c(N3CCN(Cc4ccccc4O)CC3)nccc2n1)C1CCCc2cccnc21. The molecule has 1 N–H and O–H groups in total. The largest absolute Gasteiger partial charge is 0.508 e. The molecule has 2 aliphatic rings. The van der Waals surface area contributed by atoms with Gasteiger partial charge in [-0.05, 0) is 50.1 Å². The molecular formula is C28H33N7O. The maximum Gasteiger partial charge on any atom is 0.211 e. The van der Waals surface area contributed by atoms with Crippen LogP contribution in [0.1, 0.15) is 41.4 Å². The number of aryl methyl sites for hydroxylation is 1. The monoisotopic (exact) mass is 483 g/mol. The van der Waals surface area contributed by atoms with E-state index >= 15 is 0 Å². The molecule has 1 aliphatic heterocycles. The summed E-state index contributed by atoms with van der Waals surface area (Å²) in [5.74, 6) is 1.32. The van der Waals surface area contributed by atoms with Crippen molar-refractivity contribution < 1.29 is 5.11 Å². The molecule has 1 atom stereocenters. The number of phenols is 1. The van der Waals surface area contributed by atoms with Crippen molar-refractivity contribution in [2.45, 2.75) is 38.4 Å². The lowest BCUT2D eigenvalue weighted by atomic mass is 9.91. The van der Waals surface area contributed by atoms with Gasteiger partial charge in [0.25, 0.3) is 0 Å². The van der Waals surface area contributed by atoms with Gasteiger partial charge in [-0.3, -0.25) is 19.2 Å². The minimum atomic E-state index is 0.328. The highest BCUT2D eigenvalue weighted by atomic mass is 16.3. The zero-order valence-electron chi connectivity index (χ0n) is 20.8. The second kappa shape index (κ2) is 9.87. The molecule has 6 rings (SSSR count). The number of piperazine rings is 1. The number of pyridine rings is 1. The van der Waals surface area contributed by atoms with Gasteiger partial charge in [0.05, 0.1) is 17.4 Å². The van der Waals surface area contributed by atoms with Crippen LogP contribution in [0.2, 0.25) is 0 Å². The Morgan fingerprint density at radius 1 is 1.00 bits per heavy atom. The minimum Gasteiger partial charge on any atom is -0.508 e. The standard InChI is InChI=1S/C28H33N7O/c1-32(24-9-4-7-21-8-5-12-29-27(21)24)19-23-20-35-26(31-23)11-13-30-28(35)34-16-14-33(15-17-34)18-22-6-2-3-10-25(22)36/h2-3,5-6,8,10-13,20,24,36H,4,7,9,14-19H2,1H3. The van der Waals surface area contributed by atoms with Crippen molar-refractivity contribution in [1.82, 2.24) is 29.2 Å². The number of phenolic OH excluding ortho intramolecular Hbond substituents is 1. The van der Waals surface area contributed by atoms with E-state index in [0.29, 0.717) is 11.8 Å². The molecule has 3 aromatic heterocycles. The molecule has 4 heterocycles. The minimum absolute atomic E-state index is 0.328. The third kappa shape index (κ3) is 4.54. The van der Waals surface area contributed by atoms with E-state index in [1.807, 2.05) is 42.7 Å². The second-order valence-electron chi connectivity index (χ2n) is 9.97. The molecular weight excluding hydrogens is 450 g/mol. The highest BCUT2D eigenvalue weighted by molar-refractivity contribution is 5.48. The lowest BCUT2D eigenvalue weighted by Crippen LogP contribution is -2.46. The Hall–Kier alpha value is -3.49. The first-order valence-corrected chi connectivity index (χ1v) is 12.9. The molecule has 0 saturated carbocycles. The molecule has 4 aromatic rings.